The number of hydrogen-bond donors (Lipinski definition) is 0. The molecule has 1 heterocycles. The minimum absolute atomic E-state index is 0.0703. The molecule has 0 spiro atoms. The van der Waals surface area contributed by atoms with Crippen LogP contribution in [-0.2, 0) is 0 Å². The average molecular weight is 259 g/mol. The summed E-state index contributed by atoms with van der Waals surface area (Å²) in [5, 5.41) is 15.1. The Morgan fingerprint density at radius 2 is 2.00 bits per heavy atom. The molecule has 98 valence electrons. The van der Waals surface area contributed by atoms with Gasteiger partial charge in [0.05, 0.1) is 27.6 Å². The zero-order valence-corrected chi connectivity index (χ0v) is 10.9. The van der Waals surface area contributed by atoms with E-state index >= 15 is 0 Å². The van der Waals surface area contributed by atoms with E-state index in [1.807, 2.05) is 0 Å². The fourth-order valence-corrected chi connectivity index (χ4v) is 2.05. The number of benzene rings is 1. The number of carbonyl (C=O) groups is 1. The highest BCUT2D eigenvalue weighted by Crippen LogP contribution is 2.23. The summed E-state index contributed by atoms with van der Waals surface area (Å²) in [6, 6.07) is 4.76. The van der Waals surface area contributed by atoms with E-state index in [2.05, 4.69) is 5.10 Å². The Bertz CT molecular complexity index is 674. The van der Waals surface area contributed by atoms with Crippen molar-refractivity contribution in [2.24, 2.45) is 0 Å². The van der Waals surface area contributed by atoms with Crippen molar-refractivity contribution in [1.29, 1.82) is 0 Å². The summed E-state index contributed by atoms with van der Waals surface area (Å²) in [5.74, 6) is 0. The Balaban J connectivity index is 2.57. The van der Waals surface area contributed by atoms with E-state index in [0.29, 0.717) is 22.5 Å². The number of carbonyl (C=O) groups excluding carboxylic acids is 1. The Hall–Kier alpha value is -2.50. The molecule has 0 aliphatic carbocycles. The van der Waals surface area contributed by atoms with Gasteiger partial charge in [-0.15, -0.1) is 0 Å². The predicted molar refractivity (Wildman–Crippen MR) is 69.8 cm³/mol. The largest absolute Gasteiger partial charge is 0.298 e. The maximum absolute atomic E-state index is 11.0. The molecular formula is C13H13N3O3. The molecule has 0 atom stereocenters. The molecule has 0 radical (unpaired) electrons. The van der Waals surface area contributed by atoms with E-state index in [9.17, 15) is 14.9 Å². The molecular weight excluding hydrogens is 246 g/mol. The van der Waals surface area contributed by atoms with Crippen LogP contribution in [0.15, 0.2) is 18.2 Å². The third-order valence-corrected chi connectivity index (χ3v) is 3.09. The molecule has 0 amide bonds. The summed E-state index contributed by atoms with van der Waals surface area (Å²) in [5.41, 5.74) is 3.25. The van der Waals surface area contributed by atoms with E-state index in [1.54, 1.807) is 37.6 Å². The van der Waals surface area contributed by atoms with Gasteiger partial charge in [0, 0.05) is 11.6 Å². The molecule has 2 rings (SSSR count). The third-order valence-electron chi connectivity index (χ3n) is 3.09. The standard InChI is InChI=1S/C13H13N3O3/c1-8-6-11(4-5-13(8)16(18)19)15-10(3)12(7-17)9(2)14-15/h4-7H,1-3H3. The summed E-state index contributed by atoms with van der Waals surface area (Å²) in [7, 11) is 0. The molecule has 0 aliphatic heterocycles. The molecule has 0 saturated carbocycles. The summed E-state index contributed by atoms with van der Waals surface area (Å²) >= 11 is 0. The van der Waals surface area contributed by atoms with Gasteiger partial charge in [0.2, 0.25) is 0 Å². The molecule has 0 N–H and O–H groups in total. The molecule has 0 bridgehead atoms. The average Bonchev–Trinajstić information content (AvgIpc) is 2.63. The summed E-state index contributed by atoms with van der Waals surface area (Å²) in [4.78, 5) is 21.3. The first-order chi connectivity index (χ1) is 8.95. The first-order valence-electron chi connectivity index (χ1n) is 5.72. The van der Waals surface area contributed by atoms with Crippen LogP contribution in [0.25, 0.3) is 5.69 Å². The lowest BCUT2D eigenvalue weighted by Gasteiger charge is -2.06. The van der Waals surface area contributed by atoms with E-state index in [-0.39, 0.29) is 5.69 Å². The topological polar surface area (TPSA) is 78.0 Å². The van der Waals surface area contributed by atoms with Crippen molar-refractivity contribution in [2.45, 2.75) is 20.8 Å². The van der Waals surface area contributed by atoms with Crippen molar-refractivity contribution < 1.29 is 9.72 Å². The Morgan fingerprint density at radius 3 is 2.47 bits per heavy atom. The van der Waals surface area contributed by atoms with E-state index < -0.39 is 4.92 Å². The van der Waals surface area contributed by atoms with Crippen molar-refractivity contribution in [3.05, 3.63) is 50.8 Å². The van der Waals surface area contributed by atoms with Gasteiger partial charge in [-0.1, -0.05) is 0 Å². The molecule has 6 heteroatoms. The Kier molecular flexibility index (Phi) is 3.16. The van der Waals surface area contributed by atoms with Crippen LogP contribution in [0.5, 0.6) is 0 Å². The fraction of sp³-hybridized carbons (Fsp3) is 0.231. The van der Waals surface area contributed by atoms with Gasteiger partial charge >= 0.3 is 0 Å². The number of nitro benzene ring substituents is 1. The Morgan fingerprint density at radius 1 is 1.32 bits per heavy atom. The number of aldehydes is 1. The van der Waals surface area contributed by atoms with Gasteiger partial charge in [-0.3, -0.25) is 14.9 Å². The van der Waals surface area contributed by atoms with Gasteiger partial charge in [0.25, 0.3) is 5.69 Å². The number of aryl methyl sites for hydroxylation is 2. The van der Waals surface area contributed by atoms with Gasteiger partial charge in [-0.25, -0.2) is 4.68 Å². The van der Waals surface area contributed by atoms with Crippen LogP contribution in [0, 0.1) is 30.9 Å². The first-order valence-corrected chi connectivity index (χ1v) is 5.72. The normalized spacial score (nSPS) is 10.5. The summed E-state index contributed by atoms with van der Waals surface area (Å²) in [6.45, 7) is 5.22. The minimum Gasteiger partial charge on any atom is -0.298 e. The van der Waals surface area contributed by atoms with Crippen molar-refractivity contribution in [3.63, 3.8) is 0 Å². The fourth-order valence-electron chi connectivity index (χ4n) is 2.05. The van der Waals surface area contributed by atoms with Crippen LogP contribution in [0.2, 0.25) is 0 Å². The van der Waals surface area contributed by atoms with Gasteiger partial charge in [-0.2, -0.15) is 5.10 Å². The van der Waals surface area contributed by atoms with Gasteiger partial charge in [0.1, 0.15) is 0 Å². The third kappa shape index (κ3) is 2.12. The second-order valence-corrected chi connectivity index (χ2v) is 4.34. The second-order valence-electron chi connectivity index (χ2n) is 4.34. The van der Waals surface area contributed by atoms with Crippen LogP contribution in [0.4, 0.5) is 5.69 Å². The monoisotopic (exact) mass is 259 g/mol. The second kappa shape index (κ2) is 4.64. The molecule has 6 nitrogen and oxygen atoms in total. The number of aromatic nitrogens is 2. The van der Waals surface area contributed by atoms with Crippen LogP contribution in [0.3, 0.4) is 0 Å². The van der Waals surface area contributed by atoms with Crippen molar-refractivity contribution >= 4 is 12.0 Å². The SMILES string of the molecule is Cc1cc(-n2nc(C)c(C=O)c2C)ccc1[N+](=O)[O-]. The number of nitro groups is 1. The van der Waals surface area contributed by atoms with E-state index in [4.69, 9.17) is 0 Å². The van der Waals surface area contributed by atoms with Crippen LogP contribution < -0.4 is 0 Å². The molecule has 1 aromatic heterocycles. The predicted octanol–water partition coefficient (Wildman–Crippen LogP) is 2.52. The smallest absolute Gasteiger partial charge is 0.272 e. The number of nitrogens with zero attached hydrogens (tertiary/aromatic N) is 3. The lowest BCUT2D eigenvalue weighted by Crippen LogP contribution is -2.01. The zero-order valence-electron chi connectivity index (χ0n) is 10.9. The number of hydrogen-bond acceptors (Lipinski definition) is 4. The van der Waals surface area contributed by atoms with Gasteiger partial charge in [-0.05, 0) is 32.9 Å². The van der Waals surface area contributed by atoms with Gasteiger partial charge in [0.15, 0.2) is 6.29 Å². The molecule has 0 unspecified atom stereocenters. The molecule has 0 fully saturated rings. The molecule has 0 saturated heterocycles. The molecule has 19 heavy (non-hydrogen) atoms. The van der Waals surface area contributed by atoms with Crippen LogP contribution in [0.1, 0.15) is 27.3 Å². The lowest BCUT2D eigenvalue weighted by atomic mass is 10.1. The van der Waals surface area contributed by atoms with Crippen LogP contribution in [-0.4, -0.2) is 21.0 Å². The lowest BCUT2D eigenvalue weighted by molar-refractivity contribution is -0.385. The summed E-state index contributed by atoms with van der Waals surface area (Å²) < 4.78 is 1.62. The maximum Gasteiger partial charge on any atom is 0.272 e. The Labute approximate surface area is 109 Å². The van der Waals surface area contributed by atoms with Crippen molar-refractivity contribution in [2.75, 3.05) is 0 Å². The highest BCUT2D eigenvalue weighted by molar-refractivity contribution is 5.78. The van der Waals surface area contributed by atoms with Crippen molar-refractivity contribution in [1.82, 2.24) is 9.78 Å². The van der Waals surface area contributed by atoms with E-state index in [0.717, 1.165) is 12.0 Å². The summed E-state index contributed by atoms with van der Waals surface area (Å²) in [6.07, 6.45) is 0.770. The highest BCUT2D eigenvalue weighted by Gasteiger charge is 2.15. The molecule has 1 aromatic carbocycles. The first kappa shape index (κ1) is 12.9. The molecule has 2 aromatic rings. The quantitative estimate of drug-likeness (QED) is 0.482. The maximum atomic E-state index is 11.0. The molecule has 0 aliphatic rings. The minimum atomic E-state index is -0.419. The highest BCUT2D eigenvalue weighted by atomic mass is 16.6. The van der Waals surface area contributed by atoms with E-state index in [1.165, 1.54) is 6.07 Å². The number of rotatable bonds is 3. The van der Waals surface area contributed by atoms with Gasteiger partial charge < -0.3 is 0 Å². The van der Waals surface area contributed by atoms with Crippen molar-refractivity contribution in [3.8, 4) is 5.69 Å². The van der Waals surface area contributed by atoms with Crippen LogP contribution >= 0.6 is 0 Å². The zero-order chi connectivity index (χ0) is 14.2.